The van der Waals surface area contributed by atoms with Crippen LogP contribution in [-0.2, 0) is 4.74 Å². The monoisotopic (exact) mass is 296 g/mol. The molecule has 1 unspecified atom stereocenters. The van der Waals surface area contributed by atoms with Crippen molar-refractivity contribution in [3.63, 3.8) is 0 Å². The number of aliphatic hydroxyl groups excluding tert-OH is 1. The van der Waals surface area contributed by atoms with Crippen LogP contribution in [-0.4, -0.2) is 42.5 Å². The number of amides is 2. The first kappa shape index (κ1) is 15.1. The highest BCUT2D eigenvalue weighted by molar-refractivity contribution is 5.74. The van der Waals surface area contributed by atoms with Gasteiger partial charge in [-0.15, -0.1) is 0 Å². The molecule has 5 heteroatoms. The normalized spacial score (nSPS) is 29.9. The summed E-state index contributed by atoms with van der Waals surface area (Å²) in [5, 5.41) is 15.3. The molecule has 2 amide bonds. The maximum Gasteiger partial charge on any atom is 0.315 e. The summed E-state index contributed by atoms with van der Waals surface area (Å²) >= 11 is 0. The number of carbonyl (C=O) groups is 1. The Morgan fingerprint density at radius 3 is 2.62 bits per heavy atom. The van der Waals surface area contributed by atoms with Crippen molar-refractivity contribution in [2.45, 2.75) is 69.4 Å². The number of hydrogen-bond acceptors (Lipinski definition) is 3. The number of urea groups is 1. The zero-order chi connectivity index (χ0) is 14.8. The molecule has 3 aliphatic rings. The Labute approximate surface area is 126 Å². The Kier molecular flexibility index (Phi) is 4.41. The molecule has 0 bridgehead atoms. The topological polar surface area (TPSA) is 70.6 Å². The molecule has 21 heavy (non-hydrogen) atoms. The number of carbonyl (C=O) groups excluding carboxylic acids is 1. The zero-order valence-corrected chi connectivity index (χ0v) is 12.8. The molecule has 1 heterocycles. The molecule has 0 radical (unpaired) electrons. The number of hydrogen-bond donors (Lipinski definition) is 3. The summed E-state index contributed by atoms with van der Waals surface area (Å²) in [6.45, 7) is 1.52. The molecule has 0 aromatic heterocycles. The first-order valence-corrected chi connectivity index (χ1v) is 8.45. The van der Waals surface area contributed by atoms with Crippen molar-refractivity contribution in [1.29, 1.82) is 0 Å². The van der Waals surface area contributed by atoms with Gasteiger partial charge >= 0.3 is 6.03 Å². The van der Waals surface area contributed by atoms with E-state index in [4.69, 9.17) is 4.74 Å². The molecule has 3 N–H and O–H groups in total. The van der Waals surface area contributed by atoms with Crippen LogP contribution in [0.4, 0.5) is 4.79 Å². The van der Waals surface area contributed by atoms with E-state index >= 15 is 0 Å². The van der Waals surface area contributed by atoms with Crippen LogP contribution in [0.2, 0.25) is 0 Å². The van der Waals surface area contributed by atoms with Gasteiger partial charge in [-0.05, 0) is 38.5 Å². The summed E-state index contributed by atoms with van der Waals surface area (Å²) in [6, 6.07) is 0.133. The first-order chi connectivity index (χ1) is 10.2. The van der Waals surface area contributed by atoms with Crippen LogP contribution in [0.25, 0.3) is 0 Å². The number of ether oxygens (including phenoxy) is 1. The van der Waals surface area contributed by atoms with Crippen LogP contribution in [0, 0.1) is 5.41 Å². The van der Waals surface area contributed by atoms with Gasteiger partial charge in [0.25, 0.3) is 0 Å². The van der Waals surface area contributed by atoms with Crippen LogP contribution < -0.4 is 10.6 Å². The minimum Gasteiger partial charge on any atom is -0.396 e. The van der Waals surface area contributed by atoms with E-state index in [-0.39, 0.29) is 29.7 Å². The SMILES string of the molecule is O=C(NCC1(CO)CC1)NC1CCOC2(CCCCC2)C1. The van der Waals surface area contributed by atoms with Gasteiger partial charge in [-0.1, -0.05) is 19.3 Å². The molecule has 3 fully saturated rings. The highest BCUT2D eigenvalue weighted by Gasteiger charge is 2.42. The molecule has 1 spiro atoms. The maximum absolute atomic E-state index is 12.0. The maximum atomic E-state index is 12.0. The Morgan fingerprint density at radius 2 is 1.95 bits per heavy atom. The Balaban J connectivity index is 1.44. The zero-order valence-electron chi connectivity index (χ0n) is 12.8. The average molecular weight is 296 g/mol. The fraction of sp³-hybridized carbons (Fsp3) is 0.938. The highest BCUT2D eigenvalue weighted by Crippen LogP contribution is 2.44. The van der Waals surface area contributed by atoms with Crippen LogP contribution >= 0.6 is 0 Å². The highest BCUT2D eigenvalue weighted by atomic mass is 16.5. The van der Waals surface area contributed by atoms with E-state index in [9.17, 15) is 9.90 Å². The minimum absolute atomic E-state index is 0.0251. The Hall–Kier alpha value is -0.810. The first-order valence-electron chi connectivity index (χ1n) is 8.45. The summed E-state index contributed by atoms with van der Waals surface area (Å²) in [5.74, 6) is 0. The van der Waals surface area contributed by atoms with E-state index < -0.39 is 0 Å². The van der Waals surface area contributed by atoms with Gasteiger partial charge in [0.2, 0.25) is 0 Å². The van der Waals surface area contributed by atoms with Crippen LogP contribution in [0.15, 0.2) is 0 Å². The molecule has 1 atom stereocenters. The third kappa shape index (κ3) is 3.69. The van der Waals surface area contributed by atoms with E-state index in [1.807, 2.05) is 0 Å². The molecule has 1 saturated heterocycles. The lowest BCUT2D eigenvalue weighted by Gasteiger charge is -2.43. The fourth-order valence-electron chi connectivity index (χ4n) is 3.77. The molecule has 3 rings (SSSR count). The molecule has 2 aliphatic carbocycles. The quantitative estimate of drug-likeness (QED) is 0.742. The third-order valence-corrected chi connectivity index (χ3v) is 5.51. The molecule has 5 nitrogen and oxygen atoms in total. The van der Waals surface area contributed by atoms with E-state index in [2.05, 4.69) is 10.6 Å². The second-order valence-corrected chi connectivity index (χ2v) is 7.27. The second kappa shape index (κ2) is 6.13. The molecular formula is C16H28N2O3. The Bertz CT molecular complexity index is 370. The molecule has 120 valence electrons. The third-order valence-electron chi connectivity index (χ3n) is 5.51. The summed E-state index contributed by atoms with van der Waals surface area (Å²) in [4.78, 5) is 12.0. The smallest absolute Gasteiger partial charge is 0.315 e. The number of nitrogens with one attached hydrogen (secondary N) is 2. The number of rotatable bonds is 4. The van der Waals surface area contributed by atoms with Gasteiger partial charge in [0.1, 0.15) is 0 Å². The Morgan fingerprint density at radius 1 is 1.19 bits per heavy atom. The molecule has 0 aromatic carbocycles. The van der Waals surface area contributed by atoms with Crippen LogP contribution in [0.5, 0.6) is 0 Å². The van der Waals surface area contributed by atoms with Gasteiger partial charge in [-0.25, -0.2) is 4.79 Å². The summed E-state index contributed by atoms with van der Waals surface area (Å²) in [7, 11) is 0. The fourth-order valence-corrected chi connectivity index (χ4v) is 3.77. The molecule has 2 saturated carbocycles. The summed E-state index contributed by atoms with van der Waals surface area (Å²) in [6.07, 6.45) is 9.98. The van der Waals surface area contributed by atoms with Crippen LogP contribution in [0.1, 0.15) is 57.8 Å². The van der Waals surface area contributed by atoms with Crippen molar-refractivity contribution in [3.8, 4) is 0 Å². The van der Waals surface area contributed by atoms with Crippen molar-refractivity contribution in [2.24, 2.45) is 5.41 Å². The largest absolute Gasteiger partial charge is 0.396 e. The van der Waals surface area contributed by atoms with Gasteiger partial charge < -0.3 is 20.5 Å². The predicted octanol–water partition coefficient (Wildman–Crippen LogP) is 1.94. The summed E-state index contributed by atoms with van der Waals surface area (Å²) in [5.41, 5.74) is -0.00509. The second-order valence-electron chi connectivity index (χ2n) is 7.27. The van der Waals surface area contributed by atoms with E-state index in [1.54, 1.807) is 0 Å². The van der Waals surface area contributed by atoms with Gasteiger partial charge in [-0.3, -0.25) is 0 Å². The van der Waals surface area contributed by atoms with Crippen LogP contribution in [0.3, 0.4) is 0 Å². The van der Waals surface area contributed by atoms with E-state index in [1.165, 1.54) is 19.3 Å². The van der Waals surface area contributed by atoms with E-state index in [0.29, 0.717) is 6.54 Å². The molecule has 1 aliphatic heterocycles. The van der Waals surface area contributed by atoms with Gasteiger partial charge in [0.05, 0.1) is 12.2 Å². The van der Waals surface area contributed by atoms with Crippen molar-refractivity contribution in [2.75, 3.05) is 19.8 Å². The van der Waals surface area contributed by atoms with Crippen molar-refractivity contribution >= 4 is 6.03 Å². The lowest BCUT2D eigenvalue weighted by atomic mass is 9.78. The van der Waals surface area contributed by atoms with Crippen molar-refractivity contribution < 1.29 is 14.6 Å². The minimum atomic E-state index is -0.0902. The average Bonchev–Trinajstić information content (AvgIpc) is 3.27. The van der Waals surface area contributed by atoms with E-state index in [0.717, 1.165) is 45.1 Å². The summed E-state index contributed by atoms with van der Waals surface area (Å²) < 4.78 is 6.06. The lowest BCUT2D eigenvalue weighted by Crippen LogP contribution is -2.52. The van der Waals surface area contributed by atoms with Crippen molar-refractivity contribution in [1.82, 2.24) is 10.6 Å². The lowest BCUT2D eigenvalue weighted by molar-refractivity contribution is -0.107. The molecular weight excluding hydrogens is 268 g/mol. The molecule has 0 aromatic rings. The predicted molar refractivity (Wildman–Crippen MR) is 80.1 cm³/mol. The van der Waals surface area contributed by atoms with Gasteiger partial charge in [0.15, 0.2) is 0 Å². The van der Waals surface area contributed by atoms with Gasteiger partial charge in [0, 0.05) is 24.6 Å². The van der Waals surface area contributed by atoms with Crippen molar-refractivity contribution in [3.05, 3.63) is 0 Å². The number of aliphatic hydroxyl groups is 1. The standard InChI is InChI=1S/C16H28N2O3/c19-12-15(7-8-15)11-17-14(20)18-13-4-9-21-16(10-13)5-2-1-3-6-16/h13,19H,1-12H2,(H2,17,18,20). The van der Waals surface area contributed by atoms with Gasteiger partial charge in [-0.2, -0.15) is 0 Å².